The second-order valence-electron chi connectivity index (χ2n) is 6.01. The predicted octanol–water partition coefficient (Wildman–Crippen LogP) is 1.50. The van der Waals surface area contributed by atoms with Gasteiger partial charge in [0.1, 0.15) is 5.82 Å². The molecule has 0 spiro atoms. The molecule has 0 aromatic carbocycles. The van der Waals surface area contributed by atoms with Gasteiger partial charge in [0, 0.05) is 38.4 Å². The number of nitrogens with zero attached hydrogens (tertiary/aromatic N) is 3. The molecule has 1 aliphatic heterocycles. The largest absolute Gasteiger partial charge is 0.416 e. The highest BCUT2D eigenvalue weighted by molar-refractivity contribution is 5.78. The van der Waals surface area contributed by atoms with Crippen LogP contribution in [-0.4, -0.2) is 54.6 Å². The summed E-state index contributed by atoms with van der Waals surface area (Å²) in [6.45, 7) is 2.74. The number of hydrogen-bond acceptors (Lipinski definition) is 4. The third-order valence-corrected chi connectivity index (χ3v) is 4.08. The molecular weight excluding hydrogens is 309 g/mol. The quantitative estimate of drug-likeness (QED) is 0.910. The molecule has 0 unspecified atom stereocenters. The standard InChI is InChI=1S/C15H19F3N4O/c16-15(17,18)11-3-4-19-13(9-11)22-7-5-21(6-8-22)10-14(23)20-12-1-2-12/h3-4,9,12H,1-2,5-8,10H2,(H,20,23). The highest BCUT2D eigenvalue weighted by Crippen LogP contribution is 2.30. The Labute approximate surface area is 132 Å². The Morgan fingerprint density at radius 2 is 1.96 bits per heavy atom. The molecule has 2 fully saturated rings. The highest BCUT2D eigenvalue weighted by Gasteiger charge is 2.31. The first-order chi connectivity index (χ1) is 10.9. The van der Waals surface area contributed by atoms with Gasteiger partial charge >= 0.3 is 6.18 Å². The van der Waals surface area contributed by atoms with Crippen molar-refractivity contribution in [2.45, 2.75) is 25.1 Å². The van der Waals surface area contributed by atoms with Gasteiger partial charge in [-0.15, -0.1) is 0 Å². The number of aromatic nitrogens is 1. The molecule has 1 saturated heterocycles. The van der Waals surface area contributed by atoms with E-state index in [1.807, 2.05) is 9.80 Å². The van der Waals surface area contributed by atoms with Gasteiger partial charge in [-0.1, -0.05) is 0 Å². The number of alkyl halides is 3. The van der Waals surface area contributed by atoms with Crippen LogP contribution in [0.2, 0.25) is 0 Å². The lowest BCUT2D eigenvalue weighted by Crippen LogP contribution is -2.50. The van der Waals surface area contributed by atoms with Gasteiger partial charge < -0.3 is 10.2 Å². The molecule has 1 aromatic rings. The van der Waals surface area contributed by atoms with Crippen LogP contribution in [0.1, 0.15) is 18.4 Å². The van der Waals surface area contributed by atoms with E-state index >= 15 is 0 Å². The van der Waals surface area contributed by atoms with Crippen molar-refractivity contribution in [1.29, 1.82) is 0 Å². The molecule has 126 valence electrons. The summed E-state index contributed by atoms with van der Waals surface area (Å²) in [5.41, 5.74) is -0.686. The summed E-state index contributed by atoms with van der Waals surface area (Å²) in [4.78, 5) is 19.6. The van der Waals surface area contributed by atoms with E-state index in [2.05, 4.69) is 10.3 Å². The zero-order valence-corrected chi connectivity index (χ0v) is 12.6. The molecule has 23 heavy (non-hydrogen) atoms. The van der Waals surface area contributed by atoms with Gasteiger partial charge in [-0.3, -0.25) is 9.69 Å². The number of hydrogen-bond donors (Lipinski definition) is 1. The molecule has 8 heteroatoms. The molecule has 1 saturated carbocycles. The van der Waals surface area contributed by atoms with Crippen LogP contribution in [0.25, 0.3) is 0 Å². The van der Waals surface area contributed by atoms with Crippen LogP contribution in [0.3, 0.4) is 0 Å². The van der Waals surface area contributed by atoms with Crippen LogP contribution in [0.5, 0.6) is 0 Å². The van der Waals surface area contributed by atoms with Gasteiger partial charge in [-0.25, -0.2) is 4.98 Å². The van der Waals surface area contributed by atoms with Gasteiger partial charge in [0.25, 0.3) is 0 Å². The Balaban J connectivity index is 1.53. The first kappa shape index (κ1) is 16.0. The molecule has 0 bridgehead atoms. The van der Waals surface area contributed by atoms with Crippen molar-refractivity contribution in [3.05, 3.63) is 23.9 Å². The van der Waals surface area contributed by atoms with Crippen LogP contribution in [0.4, 0.5) is 19.0 Å². The predicted molar refractivity (Wildman–Crippen MR) is 79.1 cm³/mol. The van der Waals surface area contributed by atoms with Crippen LogP contribution < -0.4 is 10.2 Å². The molecule has 0 atom stereocenters. The Morgan fingerprint density at radius 3 is 2.57 bits per heavy atom. The number of rotatable bonds is 4. The van der Waals surface area contributed by atoms with Gasteiger partial charge in [0.2, 0.25) is 5.91 Å². The lowest BCUT2D eigenvalue weighted by molar-refractivity contribution is -0.137. The molecule has 2 heterocycles. The average molecular weight is 328 g/mol. The van der Waals surface area contributed by atoms with E-state index in [1.165, 1.54) is 6.20 Å². The Morgan fingerprint density at radius 1 is 1.26 bits per heavy atom. The number of nitrogens with one attached hydrogen (secondary N) is 1. The minimum Gasteiger partial charge on any atom is -0.354 e. The molecule has 2 aliphatic rings. The molecular formula is C15H19F3N4O. The zero-order valence-electron chi connectivity index (χ0n) is 12.6. The maximum absolute atomic E-state index is 12.8. The number of carbonyl (C=O) groups excluding carboxylic acids is 1. The number of pyridine rings is 1. The third-order valence-electron chi connectivity index (χ3n) is 4.08. The fraction of sp³-hybridized carbons (Fsp3) is 0.600. The van der Waals surface area contributed by atoms with Gasteiger partial charge in [0.15, 0.2) is 0 Å². The van der Waals surface area contributed by atoms with E-state index in [0.29, 0.717) is 44.6 Å². The lowest BCUT2D eigenvalue weighted by atomic mass is 10.2. The van der Waals surface area contributed by atoms with E-state index < -0.39 is 11.7 Å². The first-order valence-electron chi connectivity index (χ1n) is 7.72. The Bertz CT molecular complexity index is 566. The summed E-state index contributed by atoms with van der Waals surface area (Å²) >= 11 is 0. The Hall–Kier alpha value is -1.83. The van der Waals surface area contributed by atoms with Crippen molar-refractivity contribution in [2.24, 2.45) is 0 Å². The van der Waals surface area contributed by atoms with Crippen molar-refractivity contribution in [2.75, 3.05) is 37.6 Å². The molecule has 1 amide bonds. The smallest absolute Gasteiger partial charge is 0.354 e. The van der Waals surface area contributed by atoms with Crippen LogP contribution in [0.15, 0.2) is 18.3 Å². The van der Waals surface area contributed by atoms with E-state index in [4.69, 9.17) is 0 Å². The van der Waals surface area contributed by atoms with Gasteiger partial charge in [-0.05, 0) is 25.0 Å². The van der Waals surface area contributed by atoms with Crippen molar-refractivity contribution in [1.82, 2.24) is 15.2 Å². The number of halogens is 3. The van der Waals surface area contributed by atoms with Crippen LogP contribution >= 0.6 is 0 Å². The number of carbonyl (C=O) groups is 1. The monoisotopic (exact) mass is 328 g/mol. The van der Waals surface area contributed by atoms with Gasteiger partial charge in [-0.2, -0.15) is 13.2 Å². The van der Waals surface area contributed by atoms with Crippen LogP contribution in [0, 0.1) is 0 Å². The molecule has 0 radical (unpaired) electrons. The first-order valence-corrected chi connectivity index (χ1v) is 7.72. The van der Waals surface area contributed by atoms with Crippen LogP contribution in [-0.2, 0) is 11.0 Å². The normalized spacial score (nSPS) is 19.7. The Kier molecular flexibility index (Phi) is 4.43. The molecule has 3 rings (SSSR count). The summed E-state index contributed by atoms with van der Waals surface area (Å²) in [6.07, 6.45) is -1.06. The number of amides is 1. The van der Waals surface area contributed by atoms with E-state index in [9.17, 15) is 18.0 Å². The van der Waals surface area contributed by atoms with Crippen molar-refractivity contribution < 1.29 is 18.0 Å². The van der Waals surface area contributed by atoms with Crippen molar-refractivity contribution in [3.63, 3.8) is 0 Å². The van der Waals surface area contributed by atoms with E-state index in [-0.39, 0.29) is 5.91 Å². The third kappa shape index (κ3) is 4.34. The minimum atomic E-state index is -4.36. The minimum absolute atomic E-state index is 0.0261. The fourth-order valence-corrected chi connectivity index (χ4v) is 2.61. The summed E-state index contributed by atoms with van der Waals surface area (Å²) in [5, 5.41) is 2.94. The maximum atomic E-state index is 12.8. The van der Waals surface area contributed by atoms with Crippen molar-refractivity contribution >= 4 is 11.7 Å². The highest BCUT2D eigenvalue weighted by atomic mass is 19.4. The van der Waals surface area contributed by atoms with Crippen molar-refractivity contribution in [3.8, 4) is 0 Å². The molecule has 1 aliphatic carbocycles. The topological polar surface area (TPSA) is 48.5 Å². The fourth-order valence-electron chi connectivity index (χ4n) is 2.61. The van der Waals surface area contributed by atoms with E-state index in [0.717, 1.165) is 25.0 Å². The maximum Gasteiger partial charge on any atom is 0.416 e. The summed E-state index contributed by atoms with van der Waals surface area (Å²) < 4.78 is 38.3. The second-order valence-corrected chi connectivity index (χ2v) is 6.01. The molecule has 1 N–H and O–H groups in total. The van der Waals surface area contributed by atoms with E-state index in [1.54, 1.807) is 0 Å². The summed E-state index contributed by atoms with van der Waals surface area (Å²) in [7, 11) is 0. The summed E-state index contributed by atoms with van der Waals surface area (Å²) in [6, 6.07) is 2.40. The number of piperazine rings is 1. The lowest BCUT2D eigenvalue weighted by Gasteiger charge is -2.35. The average Bonchev–Trinajstić information content (AvgIpc) is 3.31. The molecule has 5 nitrogen and oxygen atoms in total. The van der Waals surface area contributed by atoms with Gasteiger partial charge in [0.05, 0.1) is 12.1 Å². The second kappa shape index (κ2) is 6.35. The SMILES string of the molecule is O=C(CN1CCN(c2cc(C(F)(F)F)ccn2)CC1)NC1CC1. The molecule has 1 aromatic heterocycles. The number of anilines is 1. The summed E-state index contributed by atoms with van der Waals surface area (Å²) in [5.74, 6) is 0.361. The zero-order chi connectivity index (χ0) is 16.4.